The Kier molecular flexibility index (Phi) is 4.54. The van der Waals surface area contributed by atoms with Crippen LogP contribution in [0.25, 0.3) is 0 Å². The summed E-state index contributed by atoms with van der Waals surface area (Å²) in [4.78, 5) is 0. The van der Waals surface area contributed by atoms with E-state index >= 15 is 0 Å². The van der Waals surface area contributed by atoms with Gasteiger partial charge in [-0.1, -0.05) is 28.1 Å². The van der Waals surface area contributed by atoms with E-state index in [0.29, 0.717) is 0 Å². The van der Waals surface area contributed by atoms with Gasteiger partial charge in [-0.15, -0.1) is 0 Å². The third kappa shape index (κ3) is 2.78. The average molecular weight is 259 g/mol. The van der Waals surface area contributed by atoms with Crippen molar-refractivity contribution in [2.45, 2.75) is 12.1 Å². The molecule has 0 aliphatic rings. The SMILES string of the molecule is CNC(c1ccc(Br)cc1)C(N)CO. The van der Waals surface area contributed by atoms with Gasteiger partial charge in [0.25, 0.3) is 0 Å². The normalized spacial score (nSPS) is 15.1. The van der Waals surface area contributed by atoms with Gasteiger partial charge in [0.2, 0.25) is 0 Å². The second kappa shape index (κ2) is 5.46. The van der Waals surface area contributed by atoms with Crippen molar-refractivity contribution < 1.29 is 5.11 Å². The van der Waals surface area contributed by atoms with Gasteiger partial charge >= 0.3 is 0 Å². The zero-order valence-electron chi connectivity index (χ0n) is 8.07. The van der Waals surface area contributed by atoms with Gasteiger partial charge < -0.3 is 16.2 Å². The second-order valence-electron chi connectivity index (χ2n) is 3.16. The van der Waals surface area contributed by atoms with Gasteiger partial charge in [0.1, 0.15) is 0 Å². The van der Waals surface area contributed by atoms with E-state index in [-0.39, 0.29) is 18.7 Å². The van der Waals surface area contributed by atoms with Crippen molar-refractivity contribution in [3.8, 4) is 0 Å². The van der Waals surface area contributed by atoms with Crippen LogP contribution in [0.3, 0.4) is 0 Å². The Labute approximate surface area is 92.4 Å². The van der Waals surface area contributed by atoms with Crippen molar-refractivity contribution in [1.82, 2.24) is 5.32 Å². The molecule has 0 saturated carbocycles. The highest BCUT2D eigenvalue weighted by atomic mass is 79.9. The molecular formula is C10H15BrN2O. The number of aliphatic hydroxyl groups excluding tert-OH is 1. The molecule has 0 aromatic heterocycles. The van der Waals surface area contributed by atoms with E-state index in [2.05, 4.69) is 21.2 Å². The third-order valence-electron chi connectivity index (χ3n) is 2.18. The molecule has 0 radical (unpaired) electrons. The summed E-state index contributed by atoms with van der Waals surface area (Å²) in [6.07, 6.45) is 0. The lowest BCUT2D eigenvalue weighted by Crippen LogP contribution is -2.38. The molecule has 4 N–H and O–H groups in total. The summed E-state index contributed by atoms with van der Waals surface area (Å²) in [7, 11) is 1.84. The quantitative estimate of drug-likeness (QED) is 0.757. The van der Waals surface area contributed by atoms with Crippen LogP contribution >= 0.6 is 15.9 Å². The van der Waals surface area contributed by atoms with Crippen LogP contribution in [0.2, 0.25) is 0 Å². The van der Waals surface area contributed by atoms with Crippen LogP contribution in [0.1, 0.15) is 11.6 Å². The fourth-order valence-electron chi connectivity index (χ4n) is 1.40. The molecule has 1 aromatic rings. The van der Waals surface area contributed by atoms with E-state index in [4.69, 9.17) is 10.8 Å². The highest BCUT2D eigenvalue weighted by Gasteiger charge is 2.16. The minimum atomic E-state index is -0.277. The van der Waals surface area contributed by atoms with E-state index in [0.717, 1.165) is 10.0 Å². The van der Waals surface area contributed by atoms with Crippen molar-refractivity contribution in [2.24, 2.45) is 5.73 Å². The Hall–Kier alpha value is -0.420. The van der Waals surface area contributed by atoms with Gasteiger partial charge in [0, 0.05) is 16.6 Å². The molecule has 14 heavy (non-hydrogen) atoms. The molecule has 0 aliphatic carbocycles. The standard InChI is InChI=1S/C10H15BrN2O/c1-13-10(9(12)6-14)7-2-4-8(11)5-3-7/h2-5,9-10,13-14H,6,12H2,1H3. The molecular weight excluding hydrogens is 244 g/mol. The molecule has 0 fully saturated rings. The van der Waals surface area contributed by atoms with Gasteiger partial charge in [-0.2, -0.15) is 0 Å². The Morgan fingerprint density at radius 1 is 1.43 bits per heavy atom. The van der Waals surface area contributed by atoms with Crippen LogP contribution < -0.4 is 11.1 Å². The number of nitrogens with two attached hydrogens (primary N) is 1. The molecule has 78 valence electrons. The van der Waals surface area contributed by atoms with Crippen LogP contribution in [0, 0.1) is 0 Å². The summed E-state index contributed by atoms with van der Waals surface area (Å²) in [6.45, 7) is -0.0262. The van der Waals surface area contributed by atoms with E-state index in [1.807, 2.05) is 31.3 Å². The van der Waals surface area contributed by atoms with Crippen LogP contribution in [-0.4, -0.2) is 24.8 Å². The second-order valence-corrected chi connectivity index (χ2v) is 4.08. The fraction of sp³-hybridized carbons (Fsp3) is 0.400. The first-order valence-electron chi connectivity index (χ1n) is 4.48. The molecule has 2 unspecified atom stereocenters. The first-order valence-corrected chi connectivity index (χ1v) is 5.27. The number of likely N-dealkylation sites (N-methyl/N-ethyl adjacent to an activating group) is 1. The van der Waals surface area contributed by atoms with Gasteiger partial charge in [-0.05, 0) is 24.7 Å². The van der Waals surface area contributed by atoms with Crippen LogP contribution in [0.5, 0.6) is 0 Å². The smallest absolute Gasteiger partial charge is 0.0601 e. The number of halogens is 1. The summed E-state index contributed by atoms with van der Waals surface area (Å²) >= 11 is 3.37. The lowest BCUT2D eigenvalue weighted by molar-refractivity contribution is 0.240. The minimum Gasteiger partial charge on any atom is -0.395 e. The molecule has 0 spiro atoms. The van der Waals surface area contributed by atoms with Crippen molar-refractivity contribution in [1.29, 1.82) is 0 Å². The van der Waals surface area contributed by atoms with Crippen molar-refractivity contribution in [3.05, 3.63) is 34.3 Å². The molecule has 1 rings (SSSR count). The highest BCUT2D eigenvalue weighted by Crippen LogP contribution is 2.18. The molecule has 4 heteroatoms. The monoisotopic (exact) mass is 258 g/mol. The van der Waals surface area contributed by atoms with Gasteiger partial charge in [-0.25, -0.2) is 0 Å². The predicted molar refractivity (Wildman–Crippen MR) is 61.0 cm³/mol. The maximum absolute atomic E-state index is 8.98. The number of hydrogen-bond acceptors (Lipinski definition) is 3. The van der Waals surface area contributed by atoms with E-state index in [1.165, 1.54) is 0 Å². The maximum atomic E-state index is 8.98. The largest absolute Gasteiger partial charge is 0.395 e. The van der Waals surface area contributed by atoms with E-state index in [1.54, 1.807) is 0 Å². The molecule has 0 aliphatic heterocycles. The minimum absolute atomic E-state index is 0.00639. The van der Waals surface area contributed by atoms with Gasteiger partial charge in [0.15, 0.2) is 0 Å². The highest BCUT2D eigenvalue weighted by molar-refractivity contribution is 9.10. The van der Waals surface area contributed by atoms with Crippen molar-refractivity contribution >= 4 is 15.9 Å². The first-order chi connectivity index (χ1) is 6.69. The first kappa shape index (κ1) is 11.7. The van der Waals surface area contributed by atoms with Gasteiger partial charge in [-0.3, -0.25) is 0 Å². The topological polar surface area (TPSA) is 58.3 Å². The lowest BCUT2D eigenvalue weighted by atomic mass is 10.0. The van der Waals surface area contributed by atoms with Crippen LogP contribution in [0.4, 0.5) is 0 Å². The van der Waals surface area contributed by atoms with Crippen molar-refractivity contribution in [3.63, 3.8) is 0 Å². The van der Waals surface area contributed by atoms with Crippen LogP contribution in [0.15, 0.2) is 28.7 Å². The summed E-state index contributed by atoms with van der Waals surface area (Å²) in [5.74, 6) is 0. The molecule has 0 saturated heterocycles. The average Bonchev–Trinajstić information content (AvgIpc) is 2.21. The van der Waals surface area contributed by atoms with Crippen molar-refractivity contribution in [2.75, 3.05) is 13.7 Å². The molecule has 3 nitrogen and oxygen atoms in total. The lowest BCUT2D eigenvalue weighted by Gasteiger charge is -2.22. The third-order valence-corrected chi connectivity index (χ3v) is 2.71. The Morgan fingerprint density at radius 2 is 2.00 bits per heavy atom. The molecule has 0 amide bonds. The number of benzene rings is 1. The maximum Gasteiger partial charge on any atom is 0.0601 e. The Morgan fingerprint density at radius 3 is 2.43 bits per heavy atom. The summed E-state index contributed by atoms with van der Waals surface area (Å²) in [6, 6.07) is 7.61. The molecule has 2 atom stereocenters. The number of aliphatic hydroxyl groups is 1. The number of rotatable bonds is 4. The Balaban J connectivity index is 2.84. The molecule has 1 aromatic carbocycles. The number of hydrogen-bond donors (Lipinski definition) is 3. The molecule has 0 heterocycles. The number of nitrogens with one attached hydrogen (secondary N) is 1. The van der Waals surface area contributed by atoms with Gasteiger partial charge in [0.05, 0.1) is 6.61 Å². The zero-order valence-corrected chi connectivity index (χ0v) is 9.66. The molecule has 0 bridgehead atoms. The van der Waals surface area contributed by atoms with E-state index < -0.39 is 0 Å². The van der Waals surface area contributed by atoms with Crippen LogP contribution in [-0.2, 0) is 0 Å². The fourth-order valence-corrected chi connectivity index (χ4v) is 1.67. The summed E-state index contributed by atoms with van der Waals surface area (Å²) < 4.78 is 1.04. The predicted octanol–water partition coefficient (Wildman–Crippen LogP) is 1.03. The Bertz CT molecular complexity index is 276. The summed E-state index contributed by atoms with van der Waals surface area (Å²) in [5.41, 5.74) is 6.85. The zero-order chi connectivity index (χ0) is 10.6. The van der Waals surface area contributed by atoms with E-state index in [9.17, 15) is 0 Å². The summed E-state index contributed by atoms with van der Waals surface area (Å²) in [5, 5.41) is 12.1.